The molecule has 0 bridgehead atoms. The van der Waals surface area contributed by atoms with Gasteiger partial charge in [-0.15, -0.1) is 22.7 Å². The highest BCUT2D eigenvalue weighted by molar-refractivity contribution is 7.22. The van der Waals surface area contributed by atoms with Crippen LogP contribution in [0.3, 0.4) is 0 Å². The molecule has 0 spiro atoms. The zero-order valence-electron chi connectivity index (χ0n) is 7.58. The fourth-order valence-electron chi connectivity index (χ4n) is 1.25. The lowest BCUT2D eigenvalue weighted by atomic mass is 10.4. The van der Waals surface area contributed by atoms with E-state index in [-0.39, 0.29) is 0 Å². The molecule has 0 saturated heterocycles. The second-order valence-electron chi connectivity index (χ2n) is 2.88. The molecule has 0 radical (unpaired) electrons. The Hall–Kier alpha value is -1.46. The zero-order valence-corrected chi connectivity index (χ0v) is 9.22. The molecule has 0 unspecified atom stereocenters. The van der Waals surface area contributed by atoms with Gasteiger partial charge in [0.15, 0.2) is 5.76 Å². The van der Waals surface area contributed by atoms with Crippen molar-refractivity contribution < 1.29 is 4.52 Å². The normalized spacial score (nSPS) is 10.7. The van der Waals surface area contributed by atoms with Gasteiger partial charge in [-0.05, 0) is 11.4 Å². The first-order chi connectivity index (χ1) is 7.43. The molecular weight excluding hydrogens is 228 g/mol. The van der Waals surface area contributed by atoms with E-state index in [1.807, 2.05) is 23.7 Å². The summed E-state index contributed by atoms with van der Waals surface area (Å²) in [5, 5.41) is 6.75. The molecule has 0 amide bonds. The van der Waals surface area contributed by atoms with Crippen LogP contribution in [0.1, 0.15) is 0 Å². The van der Waals surface area contributed by atoms with E-state index in [9.17, 15) is 0 Å². The summed E-state index contributed by atoms with van der Waals surface area (Å²) < 4.78 is 5.07. The van der Waals surface area contributed by atoms with E-state index in [2.05, 4.69) is 16.2 Å². The van der Waals surface area contributed by atoms with E-state index in [0.29, 0.717) is 0 Å². The highest BCUT2D eigenvalue weighted by atomic mass is 32.1. The van der Waals surface area contributed by atoms with Gasteiger partial charge in [-0.2, -0.15) is 0 Å². The first-order valence-corrected chi connectivity index (χ1v) is 6.04. The molecule has 3 rings (SSSR count). The highest BCUT2D eigenvalue weighted by Crippen LogP contribution is 2.33. The smallest absolute Gasteiger partial charge is 0.178 e. The molecule has 0 aliphatic carbocycles. The highest BCUT2D eigenvalue weighted by Gasteiger charge is 2.09. The van der Waals surface area contributed by atoms with Crippen molar-refractivity contribution >= 4 is 22.7 Å². The third kappa shape index (κ3) is 1.60. The lowest BCUT2D eigenvalue weighted by Crippen LogP contribution is -1.63. The predicted octanol–water partition coefficient (Wildman–Crippen LogP) is 3.53. The van der Waals surface area contributed by atoms with E-state index < -0.39 is 0 Å². The summed E-state index contributed by atoms with van der Waals surface area (Å²) in [6.45, 7) is 0. The molecule has 0 aromatic carbocycles. The molecule has 0 atom stereocenters. The molecule has 0 saturated carbocycles. The van der Waals surface area contributed by atoms with E-state index in [1.54, 1.807) is 28.9 Å². The fraction of sp³-hybridized carbons (Fsp3) is 0. The van der Waals surface area contributed by atoms with Crippen LogP contribution in [-0.4, -0.2) is 10.1 Å². The van der Waals surface area contributed by atoms with E-state index in [0.717, 1.165) is 15.6 Å². The van der Waals surface area contributed by atoms with Gasteiger partial charge in [-0.25, -0.2) is 4.98 Å². The first-order valence-electron chi connectivity index (χ1n) is 4.34. The van der Waals surface area contributed by atoms with Crippen molar-refractivity contribution in [1.82, 2.24) is 10.1 Å². The average Bonchev–Trinajstić information content (AvgIpc) is 3.02. The van der Waals surface area contributed by atoms with Gasteiger partial charge in [0.25, 0.3) is 0 Å². The molecule has 3 aromatic heterocycles. The van der Waals surface area contributed by atoms with Crippen LogP contribution in [0.5, 0.6) is 0 Å². The number of hydrogen-bond acceptors (Lipinski definition) is 5. The van der Waals surface area contributed by atoms with Gasteiger partial charge < -0.3 is 4.52 Å². The van der Waals surface area contributed by atoms with Crippen LogP contribution in [-0.2, 0) is 0 Å². The maximum Gasteiger partial charge on any atom is 0.178 e. The molecule has 3 nitrogen and oxygen atoms in total. The third-order valence-corrected chi connectivity index (χ3v) is 3.97. The van der Waals surface area contributed by atoms with Gasteiger partial charge in [0.2, 0.25) is 0 Å². The van der Waals surface area contributed by atoms with E-state index in [1.165, 1.54) is 4.88 Å². The number of nitrogens with zero attached hydrogens (tertiary/aromatic N) is 2. The maximum atomic E-state index is 5.07. The van der Waals surface area contributed by atoms with Gasteiger partial charge >= 0.3 is 0 Å². The molecule has 5 heteroatoms. The van der Waals surface area contributed by atoms with Crippen molar-refractivity contribution in [2.75, 3.05) is 0 Å². The van der Waals surface area contributed by atoms with Crippen LogP contribution in [0.4, 0.5) is 0 Å². The van der Waals surface area contributed by atoms with Crippen LogP contribution in [0.2, 0.25) is 0 Å². The van der Waals surface area contributed by atoms with Crippen molar-refractivity contribution in [2.24, 2.45) is 0 Å². The monoisotopic (exact) mass is 234 g/mol. The molecule has 0 aliphatic rings. The molecule has 0 aliphatic heterocycles. The van der Waals surface area contributed by atoms with Gasteiger partial charge in [-0.3, -0.25) is 0 Å². The van der Waals surface area contributed by atoms with Crippen LogP contribution in [0.15, 0.2) is 40.5 Å². The molecule has 3 heterocycles. The number of rotatable bonds is 2. The Kier molecular flexibility index (Phi) is 2.12. The minimum atomic E-state index is 0.773. The van der Waals surface area contributed by atoms with Crippen LogP contribution in [0, 0.1) is 0 Å². The summed E-state index contributed by atoms with van der Waals surface area (Å²) >= 11 is 3.30. The van der Waals surface area contributed by atoms with Crippen LogP contribution >= 0.6 is 22.7 Å². The van der Waals surface area contributed by atoms with Crippen molar-refractivity contribution in [1.29, 1.82) is 0 Å². The van der Waals surface area contributed by atoms with E-state index >= 15 is 0 Å². The topological polar surface area (TPSA) is 38.9 Å². The predicted molar refractivity (Wildman–Crippen MR) is 60.9 cm³/mol. The minimum Gasteiger partial charge on any atom is -0.355 e. The molecule has 15 heavy (non-hydrogen) atoms. The molecule has 0 N–H and O–H groups in total. The second-order valence-corrected chi connectivity index (χ2v) is 4.86. The summed E-state index contributed by atoms with van der Waals surface area (Å²) in [6.07, 6.45) is 3.46. The molecule has 3 aromatic rings. The van der Waals surface area contributed by atoms with Crippen molar-refractivity contribution in [3.63, 3.8) is 0 Å². The first kappa shape index (κ1) is 8.82. The van der Waals surface area contributed by atoms with Crippen LogP contribution in [0.25, 0.3) is 20.5 Å². The lowest BCUT2D eigenvalue weighted by molar-refractivity contribution is 0.433. The number of thiophene rings is 1. The summed E-state index contributed by atoms with van der Waals surface area (Å²) in [4.78, 5) is 6.55. The van der Waals surface area contributed by atoms with Gasteiger partial charge in [0.1, 0.15) is 5.01 Å². The minimum absolute atomic E-state index is 0.773. The Morgan fingerprint density at radius 1 is 1.20 bits per heavy atom. The molecule has 74 valence electrons. The summed E-state index contributed by atoms with van der Waals surface area (Å²) in [5.74, 6) is 0.773. The Balaban J connectivity index is 2.02. The SMILES string of the molecule is c1csc(-c2ncc(-c3ccno3)s2)c1. The molecular formula is C10H6N2OS2. The van der Waals surface area contributed by atoms with Crippen LogP contribution < -0.4 is 0 Å². The summed E-state index contributed by atoms with van der Waals surface area (Å²) in [5.41, 5.74) is 0. The van der Waals surface area contributed by atoms with Crippen molar-refractivity contribution in [3.05, 3.63) is 36.0 Å². The maximum absolute atomic E-state index is 5.07. The van der Waals surface area contributed by atoms with Gasteiger partial charge in [-0.1, -0.05) is 11.2 Å². The largest absolute Gasteiger partial charge is 0.355 e. The van der Waals surface area contributed by atoms with Crippen molar-refractivity contribution in [2.45, 2.75) is 0 Å². The Bertz CT molecular complexity index is 491. The van der Waals surface area contributed by atoms with Crippen molar-refractivity contribution in [3.8, 4) is 20.5 Å². The number of hydrogen-bond donors (Lipinski definition) is 0. The standard InChI is InChI=1S/C10H6N2OS2/c1-2-8(14-5-1)10-11-6-9(15-10)7-3-4-12-13-7/h1-6H. The Morgan fingerprint density at radius 3 is 2.93 bits per heavy atom. The van der Waals surface area contributed by atoms with Gasteiger partial charge in [0.05, 0.1) is 16.0 Å². The van der Waals surface area contributed by atoms with E-state index in [4.69, 9.17) is 4.52 Å². The quantitative estimate of drug-likeness (QED) is 0.681. The lowest BCUT2D eigenvalue weighted by Gasteiger charge is -1.86. The summed E-state index contributed by atoms with van der Waals surface area (Å²) in [7, 11) is 0. The number of thiazole rings is 1. The zero-order chi connectivity index (χ0) is 10.1. The molecule has 0 fully saturated rings. The third-order valence-electron chi connectivity index (χ3n) is 1.92. The Labute approximate surface area is 94.0 Å². The number of aromatic nitrogens is 2. The Morgan fingerprint density at radius 2 is 2.20 bits per heavy atom. The summed E-state index contributed by atoms with van der Waals surface area (Å²) in [6, 6.07) is 5.93. The fourth-order valence-corrected chi connectivity index (χ4v) is 2.92. The van der Waals surface area contributed by atoms with Gasteiger partial charge in [0, 0.05) is 12.3 Å². The average molecular weight is 234 g/mol. The second kappa shape index (κ2) is 3.60.